The maximum Gasteiger partial charge on any atom is 0.311 e. The van der Waals surface area contributed by atoms with Crippen LogP contribution in [-0.2, 0) is 4.79 Å². The average molecular weight is 365 g/mol. The second kappa shape index (κ2) is 9.73. The van der Waals surface area contributed by atoms with Gasteiger partial charge in [-0.05, 0) is 72.8 Å². The van der Waals surface area contributed by atoms with Crippen molar-refractivity contribution in [1.82, 2.24) is 0 Å². The molecule has 1 aliphatic rings. The predicted octanol–water partition coefficient (Wildman–Crippen LogP) is 7.13. The third-order valence-corrected chi connectivity index (χ3v) is 5.80. The lowest BCUT2D eigenvalue weighted by atomic mass is 9.77. The maximum absolute atomic E-state index is 11.6. The highest BCUT2D eigenvalue weighted by Gasteiger charge is 2.21. The van der Waals surface area contributed by atoms with Gasteiger partial charge in [-0.1, -0.05) is 63.1 Å². The first kappa shape index (κ1) is 19.7. The fourth-order valence-electron chi connectivity index (χ4n) is 4.24. The summed E-state index contributed by atoms with van der Waals surface area (Å²) in [6.07, 6.45) is 9.43. The summed E-state index contributed by atoms with van der Waals surface area (Å²) < 4.78 is 5.33. The number of esters is 1. The Kier molecular flexibility index (Phi) is 7.09. The highest BCUT2D eigenvalue weighted by Crippen LogP contribution is 2.38. The van der Waals surface area contributed by atoms with E-state index in [1.807, 2.05) is 31.2 Å². The number of hydrogen-bond acceptors (Lipinski definition) is 2. The zero-order chi connectivity index (χ0) is 19.1. The molecule has 0 heterocycles. The van der Waals surface area contributed by atoms with Crippen molar-refractivity contribution in [2.45, 2.75) is 71.1 Å². The molecular formula is C25H32O2. The summed E-state index contributed by atoms with van der Waals surface area (Å²) in [4.78, 5) is 11.6. The summed E-state index contributed by atoms with van der Waals surface area (Å²) in [5.74, 6) is 2.14. The molecule has 2 aromatic rings. The molecule has 0 radical (unpaired) electrons. The monoisotopic (exact) mass is 364 g/mol. The van der Waals surface area contributed by atoms with Gasteiger partial charge in [0, 0.05) is 6.42 Å². The summed E-state index contributed by atoms with van der Waals surface area (Å²) in [5.41, 5.74) is 3.85. The first-order valence-corrected chi connectivity index (χ1v) is 10.6. The van der Waals surface area contributed by atoms with Crippen LogP contribution >= 0.6 is 0 Å². The molecule has 1 aliphatic carbocycles. The Hall–Kier alpha value is -2.09. The van der Waals surface area contributed by atoms with Gasteiger partial charge in [-0.15, -0.1) is 0 Å². The molecule has 2 nitrogen and oxygen atoms in total. The fraction of sp³-hybridized carbons (Fsp3) is 0.480. The Morgan fingerprint density at radius 3 is 2.00 bits per heavy atom. The molecule has 0 aliphatic heterocycles. The van der Waals surface area contributed by atoms with E-state index in [0.29, 0.717) is 12.2 Å². The first-order chi connectivity index (χ1) is 13.2. The van der Waals surface area contributed by atoms with E-state index < -0.39 is 0 Å². The minimum Gasteiger partial charge on any atom is -0.427 e. The molecule has 2 aromatic carbocycles. The SMILES string of the molecule is CCCC(=O)Oc1ccc(-c2ccc(C3CCC(CCC)CC3)cc2)cc1. The molecule has 0 atom stereocenters. The molecule has 3 rings (SSSR count). The van der Waals surface area contributed by atoms with Crippen LogP contribution in [0.3, 0.4) is 0 Å². The second-order valence-electron chi connectivity index (χ2n) is 7.88. The first-order valence-electron chi connectivity index (χ1n) is 10.6. The second-order valence-corrected chi connectivity index (χ2v) is 7.88. The highest BCUT2D eigenvalue weighted by molar-refractivity contribution is 5.73. The zero-order valence-electron chi connectivity index (χ0n) is 16.7. The molecule has 0 bridgehead atoms. The van der Waals surface area contributed by atoms with Gasteiger partial charge in [0.2, 0.25) is 0 Å². The zero-order valence-corrected chi connectivity index (χ0v) is 16.7. The van der Waals surface area contributed by atoms with Gasteiger partial charge in [-0.2, -0.15) is 0 Å². The maximum atomic E-state index is 11.6. The standard InChI is InChI=1S/C25H32O2/c1-3-5-19-7-9-20(10-8-19)21-11-13-22(14-12-21)23-15-17-24(18-16-23)27-25(26)6-4-2/h11-20H,3-10H2,1-2H3. The fourth-order valence-corrected chi connectivity index (χ4v) is 4.24. The third-order valence-electron chi connectivity index (χ3n) is 5.80. The van der Waals surface area contributed by atoms with Gasteiger partial charge >= 0.3 is 5.97 Å². The van der Waals surface area contributed by atoms with E-state index in [1.165, 1.54) is 49.7 Å². The van der Waals surface area contributed by atoms with Crippen LogP contribution in [0.15, 0.2) is 48.5 Å². The summed E-state index contributed by atoms with van der Waals surface area (Å²) in [5, 5.41) is 0. The van der Waals surface area contributed by atoms with E-state index >= 15 is 0 Å². The molecule has 1 fully saturated rings. The molecule has 0 N–H and O–H groups in total. The van der Waals surface area contributed by atoms with E-state index in [0.717, 1.165) is 23.8 Å². The molecule has 2 heteroatoms. The van der Waals surface area contributed by atoms with Crippen molar-refractivity contribution < 1.29 is 9.53 Å². The van der Waals surface area contributed by atoms with Gasteiger partial charge in [0.1, 0.15) is 5.75 Å². The van der Waals surface area contributed by atoms with E-state index in [9.17, 15) is 4.79 Å². The van der Waals surface area contributed by atoms with E-state index in [1.54, 1.807) is 0 Å². The number of benzene rings is 2. The molecule has 144 valence electrons. The molecule has 0 unspecified atom stereocenters. The Morgan fingerprint density at radius 2 is 1.44 bits per heavy atom. The van der Waals surface area contributed by atoms with Crippen molar-refractivity contribution in [2.24, 2.45) is 5.92 Å². The predicted molar refractivity (Wildman–Crippen MR) is 112 cm³/mol. The van der Waals surface area contributed by atoms with Gasteiger partial charge in [-0.3, -0.25) is 4.79 Å². The molecule has 27 heavy (non-hydrogen) atoms. The normalized spacial score (nSPS) is 19.6. The minimum absolute atomic E-state index is 0.164. The molecule has 0 aromatic heterocycles. The van der Waals surface area contributed by atoms with Gasteiger partial charge in [0.15, 0.2) is 0 Å². The third kappa shape index (κ3) is 5.45. The molecule has 1 saturated carbocycles. The average Bonchev–Trinajstić information content (AvgIpc) is 2.70. The topological polar surface area (TPSA) is 26.3 Å². The van der Waals surface area contributed by atoms with Crippen LogP contribution in [-0.4, -0.2) is 5.97 Å². The van der Waals surface area contributed by atoms with Crippen LogP contribution < -0.4 is 4.74 Å². The summed E-state index contributed by atoms with van der Waals surface area (Å²) in [7, 11) is 0. The lowest BCUT2D eigenvalue weighted by Gasteiger charge is -2.28. The van der Waals surface area contributed by atoms with Crippen molar-refractivity contribution in [3.63, 3.8) is 0 Å². The highest BCUT2D eigenvalue weighted by atomic mass is 16.5. The van der Waals surface area contributed by atoms with Crippen LogP contribution in [0.1, 0.15) is 76.7 Å². The van der Waals surface area contributed by atoms with Crippen molar-refractivity contribution in [1.29, 1.82) is 0 Å². The Balaban J connectivity index is 1.59. The molecular weight excluding hydrogens is 332 g/mol. The van der Waals surface area contributed by atoms with Gasteiger partial charge < -0.3 is 4.74 Å². The number of rotatable bonds is 7. The lowest BCUT2D eigenvalue weighted by molar-refractivity contribution is -0.134. The van der Waals surface area contributed by atoms with Crippen LogP contribution in [0.2, 0.25) is 0 Å². The quantitative estimate of drug-likeness (QED) is 0.386. The molecule has 0 amide bonds. The van der Waals surface area contributed by atoms with Crippen LogP contribution in [0, 0.1) is 5.92 Å². The van der Waals surface area contributed by atoms with Crippen LogP contribution in [0.4, 0.5) is 0 Å². The number of ether oxygens (including phenoxy) is 1. The van der Waals surface area contributed by atoms with Crippen molar-refractivity contribution >= 4 is 5.97 Å². The molecule has 0 spiro atoms. The van der Waals surface area contributed by atoms with Gasteiger partial charge in [-0.25, -0.2) is 0 Å². The Morgan fingerprint density at radius 1 is 0.852 bits per heavy atom. The summed E-state index contributed by atoms with van der Waals surface area (Å²) >= 11 is 0. The Bertz CT molecular complexity index is 707. The molecule has 0 saturated heterocycles. The van der Waals surface area contributed by atoms with Gasteiger partial charge in [0.25, 0.3) is 0 Å². The summed E-state index contributed by atoms with van der Waals surface area (Å²) in [6.45, 7) is 4.28. The lowest BCUT2D eigenvalue weighted by Crippen LogP contribution is -2.13. The summed E-state index contributed by atoms with van der Waals surface area (Å²) in [6, 6.07) is 16.9. The van der Waals surface area contributed by atoms with E-state index in [-0.39, 0.29) is 5.97 Å². The van der Waals surface area contributed by atoms with Crippen molar-refractivity contribution in [2.75, 3.05) is 0 Å². The van der Waals surface area contributed by atoms with Crippen LogP contribution in [0.5, 0.6) is 5.75 Å². The smallest absolute Gasteiger partial charge is 0.311 e. The number of hydrogen-bond donors (Lipinski definition) is 0. The van der Waals surface area contributed by atoms with Gasteiger partial charge in [0.05, 0.1) is 0 Å². The largest absolute Gasteiger partial charge is 0.427 e. The Labute approximate surface area is 164 Å². The number of carbonyl (C=O) groups excluding carboxylic acids is 1. The van der Waals surface area contributed by atoms with Crippen LogP contribution in [0.25, 0.3) is 11.1 Å². The minimum atomic E-state index is -0.164. The van der Waals surface area contributed by atoms with E-state index in [4.69, 9.17) is 4.74 Å². The number of carbonyl (C=O) groups is 1. The van der Waals surface area contributed by atoms with Crippen molar-refractivity contribution in [3.8, 4) is 16.9 Å². The van der Waals surface area contributed by atoms with E-state index in [2.05, 4.69) is 31.2 Å². The van der Waals surface area contributed by atoms with Crippen molar-refractivity contribution in [3.05, 3.63) is 54.1 Å².